The third-order valence-electron chi connectivity index (χ3n) is 5.22. The summed E-state index contributed by atoms with van der Waals surface area (Å²) in [4.78, 5) is 13.1. The summed E-state index contributed by atoms with van der Waals surface area (Å²) in [5.41, 5.74) is 13.5. The van der Waals surface area contributed by atoms with Gasteiger partial charge in [-0.25, -0.2) is 0 Å². The molecule has 0 saturated heterocycles. The van der Waals surface area contributed by atoms with Crippen LogP contribution in [0.5, 0.6) is 0 Å². The average molecular weight is 398 g/mol. The maximum atomic E-state index is 13.1. The largest absolute Gasteiger partial charge is 0.330 e. The van der Waals surface area contributed by atoms with E-state index in [0.717, 1.165) is 46.5 Å². The number of hydrogen-bond donors (Lipinski definition) is 3. The number of carbonyl (C=O) groups excluding carboxylic acids is 1. The van der Waals surface area contributed by atoms with E-state index in [2.05, 4.69) is 18.3 Å². The van der Waals surface area contributed by atoms with Gasteiger partial charge in [-0.3, -0.25) is 4.79 Å². The number of fused-ring (bicyclic) bond motifs is 2. The van der Waals surface area contributed by atoms with Gasteiger partial charge in [0.05, 0.1) is 11.1 Å². The van der Waals surface area contributed by atoms with Crippen LogP contribution in [-0.4, -0.2) is 24.9 Å². The smallest absolute Gasteiger partial charge is 0.180 e. The lowest BCUT2D eigenvalue weighted by Gasteiger charge is -2.18. The Morgan fingerprint density at radius 2 is 1.79 bits per heavy atom. The molecule has 5 heteroatoms. The number of benzene rings is 3. The highest BCUT2D eigenvalue weighted by atomic mass is 35.5. The number of halogens is 1. The Morgan fingerprint density at radius 1 is 1.07 bits per heavy atom. The van der Waals surface area contributed by atoms with Gasteiger partial charge >= 0.3 is 0 Å². The molecule has 0 aliphatic heterocycles. The minimum absolute atomic E-state index is 0.0609. The van der Waals surface area contributed by atoms with Gasteiger partial charge in [-0.2, -0.15) is 0 Å². The van der Waals surface area contributed by atoms with Gasteiger partial charge in [0.2, 0.25) is 0 Å². The molecular formula is C23H28ClN3O. The molecule has 5 N–H and O–H groups in total. The second kappa shape index (κ2) is 9.48. The quantitative estimate of drug-likeness (QED) is 0.284. The molecular weight excluding hydrogens is 370 g/mol. The average Bonchev–Trinajstić information content (AvgIpc) is 2.73. The Balaban J connectivity index is 2.18. The lowest BCUT2D eigenvalue weighted by Crippen LogP contribution is -2.30. The summed E-state index contributed by atoms with van der Waals surface area (Å²) >= 11 is 6.83. The number of nitrogens with two attached hydrogens (primary N) is 2. The normalized spacial score (nSPS) is 12.6. The van der Waals surface area contributed by atoms with Crippen molar-refractivity contribution in [3.8, 4) is 0 Å². The first-order valence-corrected chi connectivity index (χ1v) is 10.3. The van der Waals surface area contributed by atoms with Crippen LogP contribution in [0.1, 0.15) is 42.1 Å². The first kappa shape index (κ1) is 20.7. The van der Waals surface area contributed by atoms with E-state index >= 15 is 0 Å². The maximum Gasteiger partial charge on any atom is 0.180 e. The number of carbonyl (C=O) groups is 1. The molecule has 0 fully saturated rings. The van der Waals surface area contributed by atoms with Crippen LogP contribution in [0.3, 0.4) is 0 Å². The van der Waals surface area contributed by atoms with Crippen LogP contribution in [0.15, 0.2) is 42.5 Å². The minimum atomic E-state index is -0.545. The molecule has 0 aliphatic carbocycles. The van der Waals surface area contributed by atoms with Crippen LogP contribution in [0.25, 0.3) is 21.5 Å². The van der Waals surface area contributed by atoms with E-state index in [1.54, 1.807) is 0 Å². The van der Waals surface area contributed by atoms with Gasteiger partial charge in [0.15, 0.2) is 5.78 Å². The number of ketones is 1. The van der Waals surface area contributed by atoms with Crippen molar-refractivity contribution in [2.45, 2.75) is 38.8 Å². The predicted molar refractivity (Wildman–Crippen MR) is 119 cm³/mol. The Hall–Kier alpha value is -1.98. The number of Topliss-reactive ketones (excluding diaryl/α,β-unsaturated/α-hetero) is 1. The van der Waals surface area contributed by atoms with E-state index < -0.39 is 6.04 Å². The molecule has 3 aromatic rings. The molecule has 0 heterocycles. The number of unbranched alkanes of at least 4 members (excludes halogenated alkanes) is 1. The maximum absolute atomic E-state index is 13.1. The van der Waals surface area contributed by atoms with Gasteiger partial charge in [-0.05, 0) is 42.3 Å². The molecule has 0 aliphatic rings. The van der Waals surface area contributed by atoms with E-state index in [4.69, 9.17) is 23.1 Å². The summed E-state index contributed by atoms with van der Waals surface area (Å²) in [5.74, 6) is -0.0609. The monoisotopic (exact) mass is 397 g/mol. The van der Waals surface area contributed by atoms with Gasteiger partial charge in [0.1, 0.15) is 0 Å². The Morgan fingerprint density at radius 3 is 2.50 bits per heavy atom. The number of rotatable bonds is 9. The second-order valence-electron chi connectivity index (χ2n) is 7.10. The lowest BCUT2D eigenvalue weighted by molar-refractivity contribution is 0.0957. The molecule has 0 bridgehead atoms. The molecule has 0 saturated carbocycles. The van der Waals surface area contributed by atoms with Gasteiger partial charge < -0.3 is 16.8 Å². The summed E-state index contributed by atoms with van der Waals surface area (Å²) in [6.07, 6.45) is 2.34. The SMILES string of the molecule is CCNCc1c2ccccc2c(Cl)c2c(C(=O)[C@@H](N)CCCCN)cccc12. The third kappa shape index (κ3) is 4.06. The van der Waals surface area contributed by atoms with Crippen molar-refractivity contribution in [1.82, 2.24) is 5.32 Å². The van der Waals surface area contributed by atoms with Crippen LogP contribution in [-0.2, 0) is 6.54 Å². The highest BCUT2D eigenvalue weighted by Gasteiger charge is 2.22. The fourth-order valence-electron chi connectivity index (χ4n) is 3.74. The molecule has 28 heavy (non-hydrogen) atoms. The second-order valence-corrected chi connectivity index (χ2v) is 7.48. The van der Waals surface area contributed by atoms with Crippen LogP contribution < -0.4 is 16.8 Å². The fraction of sp³-hybridized carbons (Fsp3) is 0.348. The summed E-state index contributed by atoms with van der Waals surface area (Å²) in [6, 6.07) is 13.3. The molecule has 148 valence electrons. The van der Waals surface area contributed by atoms with E-state index in [-0.39, 0.29) is 5.78 Å². The van der Waals surface area contributed by atoms with Gasteiger partial charge in [0.25, 0.3) is 0 Å². The zero-order valence-electron chi connectivity index (χ0n) is 16.3. The molecule has 0 aromatic heterocycles. The first-order valence-electron chi connectivity index (χ1n) is 9.92. The zero-order chi connectivity index (χ0) is 20.1. The Labute approximate surface area is 171 Å². The van der Waals surface area contributed by atoms with Crippen molar-refractivity contribution in [3.05, 3.63) is 58.6 Å². The summed E-state index contributed by atoms with van der Waals surface area (Å²) in [5, 5.41) is 7.90. The highest BCUT2D eigenvalue weighted by Crippen LogP contribution is 2.38. The number of nitrogens with one attached hydrogen (secondary N) is 1. The van der Waals surface area contributed by atoms with Gasteiger partial charge in [0, 0.05) is 22.9 Å². The summed E-state index contributed by atoms with van der Waals surface area (Å²) in [7, 11) is 0. The van der Waals surface area contributed by atoms with E-state index in [1.807, 2.05) is 36.4 Å². The molecule has 4 nitrogen and oxygen atoms in total. The standard InChI is InChI=1S/C23H28ClN3O/c1-2-27-14-19-15-8-3-4-9-17(15)22(24)21-16(19)10-7-11-18(21)23(28)20(26)12-5-6-13-25/h3-4,7-11,20,27H,2,5-6,12-14,25-26H2,1H3/t20-/m0/s1. The molecule has 3 aromatic carbocycles. The first-order chi connectivity index (χ1) is 13.6. The predicted octanol–water partition coefficient (Wildman–Crippen LogP) is 4.39. The highest BCUT2D eigenvalue weighted by molar-refractivity contribution is 6.42. The van der Waals surface area contributed by atoms with Crippen molar-refractivity contribution >= 4 is 38.9 Å². The van der Waals surface area contributed by atoms with Crippen LogP contribution in [0.4, 0.5) is 0 Å². The van der Waals surface area contributed by atoms with Crippen molar-refractivity contribution in [2.75, 3.05) is 13.1 Å². The van der Waals surface area contributed by atoms with E-state index in [0.29, 0.717) is 30.1 Å². The Kier molecular flexibility index (Phi) is 7.03. The van der Waals surface area contributed by atoms with Gasteiger partial charge in [-0.15, -0.1) is 0 Å². The van der Waals surface area contributed by atoms with Crippen molar-refractivity contribution < 1.29 is 4.79 Å². The van der Waals surface area contributed by atoms with Crippen molar-refractivity contribution in [1.29, 1.82) is 0 Å². The van der Waals surface area contributed by atoms with E-state index in [9.17, 15) is 4.79 Å². The molecule has 0 amide bonds. The number of hydrogen-bond acceptors (Lipinski definition) is 4. The molecule has 0 spiro atoms. The zero-order valence-corrected chi connectivity index (χ0v) is 17.1. The van der Waals surface area contributed by atoms with E-state index in [1.165, 1.54) is 0 Å². The van der Waals surface area contributed by atoms with Crippen LogP contribution in [0, 0.1) is 0 Å². The molecule has 3 rings (SSSR count). The topological polar surface area (TPSA) is 81.1 Å². The van der Waals surface area contributed by atoms with Crippen molar-refractivity contribution in [2.24, 2.45) is 11.5 Å². The summed E-state index contributed by atoms with van der Waals surface area (Å²) < 4.78 is 0. The lowest BCUT2D eigenvalue weighted by atomic mass is 9.90. The molecule has 1 atom stereocenters. The van der Waals surface area contributed by atoms with Crippen molar-refractivity contribution in [3.63, 3.8) is 0 Å². The molecule has 0 radical (unpaired) electrons. The molecule has 0 unspecified atom stereocenters. The Bertz CT molecular complexity index is 986. The van der Waals surface area contributed by atoms with Crippen LogP contribution >= 0.6 is 11.6 Å². The third-order valence-corrected chi connectivity index (χ3v) is 5.61. The fourth-order valence-corrected chi connectivity index (χ4v) is 4.11. The minimum Gasteiger partial charge on any atom is -0.330 e. The van der Waals surface area contributed by atoms with Gasteiger partial charge in [-0.1, -0.05) is 67.4 Å². The summed E-state index contributed by atoms with van der Waals surface area (Å²) in [6.45, 7) is 4.27. The van der Waals surface area contributed by atoms with Crippen LogP contribution in [0.2, 0.25) is 5.02 Å².